The Balaban J connectivity index is 1.61. The summed E-state index contributed by atoms with van der Waals surface area (Å²) in [5.41, 5.74) is 0.196. The monoisotopic (exact) mass is 441 g/mol. The second-order valence-corrected chi connectivity index (χ2v) is 11.6. The number of likely N-dealkylation sites (tertiary alicyclic amines) is 1. The van der Waals surface area contributed by atoms with Crippen molar-refractivity contribution in [2.24, 2.45) is 5.92 Å². The van der Waals surface area contributed by atoms with E-state index in [0.29, 0.717) is 31.5 Å². The van der Waals surface area contributed by atoms with Crippen LogP contribution >= 0.6 is 11.3 Å². The van der Waals surface area contributed by atoms with Gasteiger partial charge in [0, 0.05) is 43.0 Å². The van der Waals surface area contributed by atoms with E-state index >= 15 is 0 Å². The van der Waals surface area contributed by atoms with Crippen molar-refractivity contribution in [3.05, 3.63) is 17.0 Å². The van der Waals surface area contributed by atoms with Crippen LogP contribution in [-0.2, 0) is 14.8 Å². The highest BCUT2D eigenvalue weighted by molar-refractivity contribution is 7.91. The quantitative estimate of drug-likeness (QED) is 0.735. The molecule has 2 amide bonds. The summed E-state index contributed by atoms with van der Waals surface area (Å²) in [6, 6.07) is 1.50. The number of carbonyl (C=O) groups excluding carboxylic acids is 2. The molecule has 0 radical (unpaired) electrons. The predicted octanol–water partition coefficient (Wildman–Crippen LogP) is 2.69. The van der Waals surface area contributed by atoms with Crippen molar-refractivity contribution in [1.82, 2.24) is 14.5 Å². The summed E-state index contributed by atoms with van der Waals surface area (Å²) in [6.07, 6.45) is 3.85. The van der Waals surface area contributed by atoms with Gasteiger partial charge in [-0.05, 0) is 52.0 Å². The Morgan fingerprint density at radius 3 is 2.38 bits per heavy atom. The number of amides is 2. The highest BCUT2D eigenvalue weighted by atomic mass is 32.2. The van der Waals surface area contributed by atoms with Gasteiger partial charge in [-0.15, -0.1) is 11.3 Å². The van der Waals surface area contributed by atoms with E-state index in [1.165, 1.54) is 10.4 Å². The van der Waals surface area contributed by atoms with Gasteiger partial charge in [-0.2, -0.15) is 4.31 Å². The molecule has 2 saturated heterocycles. The van der Waals surface area contributed by atoms with E-state index in [1.807, 2.05) is 20.8 Å². The van der Waals surface area contributed by atoms with Crippen LogP contribution in [0.25, 0.3) is 0 Å². The Labute approximate surface area is 177 Å². The molecule has 1 aromatic heterocycles. The fourth-order valence-electron chi connectivity index (χ4n) is 3.68. The lowest BCUT2D eigenvalue weighted by Gasteiger charge is -2.33. The summed E-state index contributed by atoms with van der Waals surface area (Å²) < 4.78 is 27.7. The van der Waals surface area contributed by atoms with Crippen LogP contribution in [0.15, 0.2) is 15.7 Å². The summed E-state index contributed by atoms with van der Waals surface area (Å²) in [5, 5.41) is 4.70. The molecule has 7 nitrogen and oxygen atoms in total. The lowest BCUT2D eigenvalue weighted by molar-refractivity contribution is -0.127. The minimum atomic E-state index is -3.64. The number of piperidine rings is 1. The third-order valence-corrected chi connectivity index (χ3v) is 9.29. The molecule has 3 heterocycles. The maximum atomic E-state index is 13.0. The fourth-order valence-corrected chi connectivity index (χ4v) is 6.45. The molecule has 0 saturated carbocycles. The molecule has 2 aliphatic heterocycles. The van der Waals surface area contributed by atoms with Gasteiger partial charge in [-0.25, -0.2) is 8.42 Å². The third-order valence-electron chi connectivity index (χ3n) is 5.98. The van der Waals surface area contributed by atoms with E-state index in [0.717, 1.165) is 43.7 Å². The van der Waals surface area contributed by atoms with Crippen LogP contribution in [0, 0.1) is 5.92 Å². The van der Waals surface area contributed by atoms with Crippen molar-refractivity contribution < 1.29 is 18.0 Å². The largest absolute Gasteiger partial charge is 0.351 e. The molecule has 162 valence electrons. The van der Waals surface area contributed by atoms with Crippen LogP contribution in [0.3, 0.4) is 0 Å². The zero-order valence-electron chi connectivity index (χ0n) is 17.4. The van der Waals surface area contributed by atoms with Crippen molar-refractivity contribution in [2.45, 2.75) is 62.6 Å². The van der Waals surface area contributed by atoms with E-state index in [1.54, 1.807) is 10.3 Å². The zero-order valence-corrected chi connectivity index (χ0v) is 19.1. The van der Waals surface area contributed by atoms with Gasteiger partial charge in [0.15, 0.2) is 0 Å². The van der Waals surface area contributed by atoms with E-state index in [4.69, 9.17) is 0 Å². The van der Waals surface area contributed by atoms with Crippen LogP contribution in [0.5, 0.6) is 0 Å². The highest BCUT2D eigenvalue weighted by Crippen LogP contribution is 2.29. The van der Waals surface area contributed by atoms with E-state index in [2.05, 4.69) is 5.32 Å². The summed E-state index contributed by atoms with van der Waals surface area (Å²) in [7, 11) is -3.64. The maximum Gasteiger partial charge on any atom is 0.254 e. The summed E-state index contributed by atoms with van der Waals surface area (Å²) in [4.78, 5) is 26.8. The minimum Gasteiger partial charge on any atom is -0.351 e. The molecule has 0 aromatic carbocycles. The molecule has 0 aliphatic carbocycles. The molecule has 1 N–H and O–H groups in total. The topological polar surface area (TPSA) is 86.8 Å². The van der Waals surface area contributed by atoms with Gasteiger partial charge in [0.25, 0.3) is 15.9 Å². The second kappa shape index (κ2) is 8.73. The molecule has 0 atom stereocenters. The van der Waals surface area contributed by atoms with Crippen molar-refractivity contribution in [2.75, 3.05) is 26.2 Å². The molecule has 3 rings (SSSR count). The van der Waals surface area contributed by atoms with E-state index in [9.17, 15) is 18.0 Å². The van der Waals surface area contributed by atoms with Gasteiger partial charge < -0.3 is 10.2 Å². The maximum absolute atomic E-state index is 13.0. The fraction of sp³-hybridized carbons (Fsp3) is 0.700. The number of rotatable bonds is 6. The number of carbonyl (C=O) groups is 2. The minimum absolute atomic E-state index is 0.00326. The average molecular weight is 442 g/mol. The Morgan fingerprint density at radius 2 is 1.79 bits per heavy atom. The molecule has 0 bridgehead atoms. The average Bonchev–Trinajstić information content (AvgIpc) is 3.39. The molecule has 29 heavy (non-hydrogen) atoms. The van der Waals surface area contributed by atoms with Crippen LogP contribution in [-0.4, -0.2) is 61.2 Å². The molecule has 2 aliphatic rings. The molecule has 0 spiro atoms. The van der Waals surface area contributed by atoms with Gasteiger partial charge in [-0.3, -0.25) is 9.59 Å². The number of nitrogens with one attached hydrogen (secondary N) is 1. The molecule has 1 aromatic rings. The van der Waals surface area contributed by atoms with Gasteiger partial charge in [0.05, 0.1) is 5.56 Å². The smallest absolute Gasteiger partial charge is 0.254 e. The van der Waals surface area contributed by atoms with Crippen LogP contribution in [0.1, 0.15) is 63.2 Å². The van der Waals surface area contributed by atoms with Crippen molar-refractivity contribution in [3.63, 3.8) is 0 Å². The number of nitrogens with zero attached hydrogens (tertiary/aromatic N) is 2. The first kappa shape index (κ1) is 22.2. The van der Waals surface area contributed by atoms with Crippen molar-refractivity contribution >= 4 is 33.2 Å². The first-order chi connectivity index (χ1) is 13.6. The summed E-state index contributed by atoms with van der Waals surface area (Å²) in [5.74, 6) is -0.249. The SMILES string of the molecule is CCC(C)(C)NC(=O)C1CCN(S(=O)(=O)c2cc(C(=O)N3CCCC3)cs2)CC1. The highest BCUT2D eigenvalue weighted by Gasteiger charge is 2.34. The normalized spacial score (nSPS) is 19.5. The van der Waals surface area contributed by atoms with Crippen molar-refractivity contribution in [1.29, 1.82) is 0 Å². The zero-order chi connectivity index (χ0) is 21.2. The Kier molecular flexibility index (Phi) is 6.70. The van der Waals surface area contributed by atoms with E-state index < -0.39 is 10.0 Å². The van der Waals surface area contributed by atoms with Crippen LogP contribution in [0.2, 0.25) is 0 Å². The van der Waals surface area contributed by atoms with Crippen LogP contribution in [0.4, 0.5) is 0 Å². The molecule has 0 unspecified atom stereocenters. The number of hydrogen-bond acceptors (Lipinski definition) is 5. The Morgan fingerprint density at radius 1 is 1.17 bits per heavy atom. The Bertz CT molecular complexity index is 849. The lowest BCUT2D eigenvalue weighted by atomic mass is 9.94. The van der Waals surface area contributed by atoms with Gasteiger partial charge >= 0.3 is 0 Å². The van der Waals surface area contributed by atoms with Crippen molar-refractivity contribution in [3.8, 4) is 0 Å². The van der Waals surface area contributed by atoms with Crippen LogP contribution < -0.4 is 5.32 Å². The molecular weight excluding hydrogens is 410 g/mol. The number of hydrogen-bond donors (Lipinski definition) is 1. The van der Waals surface area contributed by atoms with Gasteiger partial charge in [-0.1, -0.05) is 6.92 Å². The molecule has 9 heteroatoms. The van der Waals surface area contributed by atoms with Gasteiger partial charge in [0.1, 0.15) is 4.21 Å². The standard InChI is InChI=1S/C20H31N3O4S2/c1-4-20(2,3)21-18(24)15-7-11-23(12-8-15)29(26,27)17-13-16(14-28-17)19(25)22-9-5-6-10-22/h13-15H,4-12H2,1-3H3,(H,21,24). The third kappa shape index (κ3) is 5.00. The second-order valence-electron chi connectivity index (χ2n) is 8.56. The molecule has 2 fully saturated rings. The summed E-state index contributed by atoms with van der Waals surface area (Å²) in [6.45, 7) is 8.12. The first-order valence-corrected chi connectivity index (χ1v) is 12.7. The van der Waals surface area contributed by atoms with E-state index in [-0.39, 0.29) is 27.5 Å². The first-order valence-electron chi connectivity index (χ1n) is 10.3. The molecular formula is C20H31N3O4S2. The Hall–Kier alpha value is -1.45. The number of sulfonamides is 1. The lowest BCUT2D eigenvalue weighted by Crippen LogP contribution is -2.48. The van der Waals surface area contributed by atoms with Gasteiger partial charge in [0.2, 0.25) is 5.91 Å². The summed E-state index contributed by atoms with van der Waals surface area (Å²) >= 11 is 1.10. The predicted molar refractivity (Wildman–Crippen MR) is 113 cm³/mol. The number of thiophene rings is 1.